The predicted octanol–water partition coefficient (Wildman–Crippen LogP) is 0.699. The standard InChI is InChI=1S/C15H20N4O4/c1-22-13-8-11(9-17-18-15(16)21)4-5-12(13)23-10-14(20)19-6-2-3-7-19/h4-5,8-9H,2-3,6-7,10H2,1H3,(H3,16,18,21)/b17-9+. The average Bonchev–Trinajstić information content (AvgIpc) is 3.07. The maximum absolute atomic E-state index is 12.0. The second-order valence-corrected chi connectivity index (χ2v) is 5.02. The lowest BCUT2D eigenvalue weighted by molar-refractivity contribution is -0.132. The smallest absolute Gasteiger partial charge is 0.332 e. The third kappa shape index (κ3) is 4.87. The van der Waals surface area contributed by atoms with E-state index in [-0.39, 0.29) is 12.5 Å². The molecule has 2 rings (SSSR count). The van der Waals surface area contributed by atoms with Gasteiger partial charge in [-0.25, -0.2) is 10.2 Å². The molecule has 0 unspecified atom stereocenters. The number of hydrogen-bond donors (Lipinski definition) is 2. The predicted molar refractivity (Wildman–Crippen MR) is 84.6 cm³/mol. The summed E-state index contributed by atoms with van der Waals surface area (Å²) in [6.07, 6.45) is 3.51. The van der Waals surface area contributed by atoms with E-state index in [1.54, 1.807) is 23.1 Å². The van der Waals surface area contributed by atoms with Gasteiger partial charge in [-0.3, -0.25) is 4.79 Å². The summed E-state index contributed by atoms with van der Waals surface area (Å²) in [5.41, 5.74) is 7.70. The number of primary amides is 1. The third-order valence-electron chi connectivity index (χ3n) is 3.39. The minimum absolute atomic E-state index is 0.0208. The van der Waals surface area contributed by atoms with Gasteiger partial charge >= 0.3 is 6.03 Å². The monoisotopic (exact) mass is 320 g/mol. The summed E-state index contributed by atoms with van der Waals surface area (Å²) < 4.78 is 10.8. The Balaban J connectivity index is 1.97. The van der Waals surface area contributed by atoms with E-state index < -0.39 is 6.03 Å². The molecule has 124 valence electrons. The maximum atomic E-state index is 12.0. The number of amides is 3. The number of rotatable bonds is 6. The van der Waals surface area contributed by atoms with Gasteiger partial charge in [0.05, 0.1) is 13.3 Å². The molecule has 0 bridgehead atoms. The molecule has 1 heterocycles. The highest BCUT2D eigenvalue weighted by molar-refractivity contribution is 5.82. The van der Waals surface area contributed by atoms with Gasteiger partial charge in [-0.1, -0.05) is 0 Å². The van der Waals surface area contributed by atoms with Crippen molar-refractivity contribution in [3.05, 3.63) is 23.8 Å². The lowest BCUT2D eigenvalue weighted by atomic mass is 10.2. The van der Waals surface area contributed by atoms with Crippen molar-refractivity contribution in [3.8, 4) is 11.5 Å². The zero-order valence-corrected chi connectivity index (χ0v) is 12.9. The minimum Gasteiger partial charge on any atom is -0.493 e. The second-order valence-electron chi connectivity index (χ2n) is 5.02. The number of nitrogens with zero attached hydrogens (tertiary/aromatic N) is 2. The molecule has 1 aromatic rings. The van der Waals surface area contributed by atoms with Crippen molar-refractivity contribution >= 4 is 18.2 Å². The number of nitrogens with one attached hydrogen (secondary N) is 1. The van der Waals surface area contributed by atoms with Gasteiger partial charge in [-0.2, -0.15) is 5.10 Å². The van der Waals surface area contributed by atoms with Gasteiger partial charge in [0.15, 0.2) is 18.1 Å². The van der Waals surface area contributed by atoms with Crippen LogP contribution in [-0.4, -0.2) is 49.9 Å². The van der Waals surface area contributed by atoms with Gasteiger partial charge in [0, 0.05) is 13.1 Å². The van der Waals surface area contributed by atoms with E-state index in [9.17, 15) is 9.59 Å². The first-order valence-electron chi connectivity index (χ1n) is 7.27. The van der Waals surface area contributed by atoms with Crippen LogP contribution in [0.15, 0.2) is 23.3 Å². The van der Waals surface area contributed by atoms with Crippen LogP contribution in [0.25, 0.3) is 0 Å². The van der Waals surface area contributed by atoms with Crippen molar-refractivity contribution in [1.29, 1.82) is 0 Å². The Morgan fingerprint density at radius 1 is 1.35 bits per heavy atom. The van der Waals surface area contributed by atoms with E-state index in [1.807, 2.05) is 0 Å². The minimum atomic E-state index is -0.742. The first-order valence-corrected chi connectivity index (χ1v) is 7.27. The number of urea groups is 1. The van der Waals surface area contributed by atoms with Crippen LogP contribution in [0.5, 0.6) is 11.5 Å². The first-order chi connectivity index (χ1) is 11.1. The maximum Gasteiger partial charge on any atom is 0.332 e. The van der Waals surface area contributed by atoms with Crippen molar-refractivity contribution in [2.75, 3.05) is 26.8 Å². The van der Waals surface area contributed by atoms with Gasteiger partial charge in [-0.05, 0) is 36.6 Å². The van der Waals surface area contributed by atoms with Crippen LogP contribution in [0.3, 0.4) is 0 Å². The van der Waals surface area contributed by atoms with Crippen molar-refractivity contribution in [3.63, 3.8) is 0 Å². The van der Waals surface area contributed by atoms with Crippen molar-refractivity contribution in [2.24, 2.45) is 10.8 Å². The summed E-state index contributed by atoms with van der Waals surface area (Å²) >= 11 is 0. The number of carbonyl (C=O) groups is 2. The molecular formula is C15H20N4O4. The van der Waals surface area contributed by atoms with Crippen molar-refractivity contribution in [1.82, 2.24) is 10.3 Å². The number of ether oxygens (including phenoxy) is 2. The molecule has 0 aromatic heterocycles. The molecule has 0 saturated carbocycles. The normalized spacial score (nSPS) is 14.0. The van der Waals surface area contributed by atoms with Crippen molar-refractivity contribution in [2.45, 2.75) is 12.8 Å². The van der Waals surface area contributed by atoms with Crippen LogP contribution in [0, 0.1) is 0 Å². The fraction of sp³-hybridized carbons (Fsp3) is 0.400. The molecule has 8 nitrogen and oxygen atoms in total. The van der Waals surface area contributed by atoms with Crippen LogP contribution >= 0.6 is 0 Å². The highest BCUT2D eigenvalue weighted by atomic mass is 16.5. The Kier molecular flexibility index (Phi) is 5.79. The van der Waals surface area contributed by atoms with Gasteiger partial charge in [-0.15, -0.1) is 0 Å². The van der Waals surface area contributed by atoms with Gasteiger partial charge in [0.2, 0.25) is 0 Å². The summed E-state index contributed by atoms with van der Waals surface area (Å²) in [4.78, 5) is 24.3. The Labute approximate surface area is 134 Å². The SMILES string of the molecule is COc1cc(/C=N/NC(N)=O)ccc1OCC(=O)N1CCCC1. The van der Waals surface area contributed by atoms with Crippen LogP contribution in [0.2, 0.25) is 0 Å². The largest absolute Gasteiger partial charge is 0.493 e. The highest BCUT2D eigenvalue weighted by Crippen LogP contribution is 2.27. The lowest BCUT2D eigenvalue weighted by Crippen LogP contribution is -2.32. The number of likely N-dealkylation sites (tertiary alicyclic amines) is 1. The van der Waals surface area contributed by atoms with E-state index in [4.69, 9.17) is 15.2 Å². The Morgan fingerprint density at radius 3 is 2.74 bits per heavy atom. The molecule has 0 spiro atoms. The van der Waals surface area contributed by atoms with Crippen molar-refractivity contribution < 1.29 is 19.1 Å². The summed E-state index contributed by atoms with van der Waals surface area (Å²) in [6.45, 7) is 1.57. The van der Waals surface area contributed by atoms with Crippen LogP contribution < -0.4 is 20.6 Å². The summed E-state index contributed by atoms with van der Waals surface area (Å²) in [7, 11) is 1.51. The van der Waals surface area contributed by atoms with E-state index >= 15 is 0 Å². The molecule has 3 N–H and O–H groups in total. The summed E-state index contributed by atoms with van der Waals surface area (Å²) in [5.74, 6) is 0.920. The van der Waals surface area contributed by atoms with Gasteiger partial charge < -0.3 is 20.1 Å². The molecule has 1 saturated heterocycles. The molecule has 1 aromatic carbocycles. The topological polar surface area (TPSA) is 106 Å². The van der Waals surface area contributed by atoms with E-state index in [0.29, 0.717) is 17.1 Å². The van der Waals surface area contributed by atoms with Gasteiger partial charge in [0.1, 0.15) is 0 Å². The second kappa shape index (κ2) is 8.02. The number of hydrogen-bond acceptors (Lipinski definition) is 5. The molecule has 1 aliphatic rings. The quantitative estimate of drug-likeness (QED) is 0.594. The summed E-state index contributed by atoms with van der Waals surface area (Å²) in [6, 6.07) is 4.35. The Morgan fingerprint density at radius 2 is 2.09 bits per heavy atom. The molecule has 0 atom stereocenters. The number of hydrazone groups is 1. The van der Waals surface area contributed by atoms with E-state index in [0.717, 1.165) is 25.9 Å². The van der Waals surface area contributed by atoms with E-state index in [1.165, 1.54) is 13.3 Å². The Bertz CT molecular complexity index is 597. The lowest BCUT2D eigenvalue weighted by Gasteiger charge is -2.16. The number of benzene rings is 1. The number of methoxy groups -OCH3 is 1. The van der Waals surface area contributed by atoms with Crippen LogP contribution in [0.4, 0.5) is 4.79 Å². The van der Waals surface area contributed by atoms with Crippen LogP contribution in [-0.2, 0) is 4.79 Å². The number of carbonyl (C=O) groups excluding carboxylic acids is 2. The third-order valence-corrected chi connectivity index (χ3v) is 3.39. The highest BCUT2D eigenvalue weighted by Gasteiger charge is 2.18. The zero-order chi connectivity index (χ0) is 16.7. The molecule has 1 fully saturated rings. The summed E-state index contributed by atoms with van der Waals surface area (Å²) in [5, 5.41) is 3.67. The first kappa shape index (κ1) is 16.6. The molecular weight excluding hydrogens is 300 g/mol. The molecule has 8 heteroatoms. The molecule has 1 aliphatic heterocycles. The fourth-order valence-electron chi connectivity index (χ4n) is 2.25. The van der Waals surface area contributed by atoms with Gasteiger partial charge in [0.25, 0.3) is 5.91 Å². The molecule has 3 amide bonds. The zero-order valence-electron chi connectivity index (χ0n) is 12.9. The molecule has 23 heavy (non-hydrogen) atoms. The molecule has 0 aliphatic carbocycles. The Hall–Kier alpha value is -2.77. The fourth-order valence-corrected chi connectivity index (χ4v) is 2.25. The average molecular weight is 320 g/mol. The van der Waals surface area contributed by atoms with Crippen LogP contribution in [0.1, 0.15) is 18.4 Å². The molecule has 0 radical (unpaired) electrons. The number of nitrogens with two attached hydrogens (primary N) is 1. The van der Waals surface area contributed by atoms with E-state index in [2.05, 4.69) is 10.5 Å².